The van der Waals surface area contributed by atoms with Crippen molar-refractivity contribution in [3.8, 4) is 0 Å². The number of hydrogen-bond donors (Lipinski definition) is 1. The van der Waals surface area contributed by atoms with Crippen molar-refractivity contribution in [3.63, 3.8) is 0 Å². The zero-order chi connectivity index (χ0) is 27.7. The lowest BCUT2D eigenvalue weighted by atomic mass is 9.85. The minimum atomic E-state index is -0.115. The summed E-state index contributed by atoms with van der Waals surface area (Å²) in [6.45, 7) is 31.8. The normalized spacial score (nSPS) is 14.6. The zero-order valence-electron chi connectivity index (χ0n) is 25.5. The Bertz CT molecular complexity index is 566. The minimum absolute atomic E-state index is 0.0758. The van der Waals surface area contributed by atoms with Crippen molar-refractivity contribution in [2.45, 2.75) is 137 Å². The maximum atomic E-state index is 10.7. The molecule has 0 fully saturated rings. The van der Waals surface area contributed by atoms with Gasteiger partial charge < -0.3 is 14.8 Å². The van der Waals surface area contributed by atoms with Gasteiger partial charge in [-0.05, 0) is 71.8 Å². The van der Waals surface area contributed by atoms with E-state index in [1.165, 1.54) is 5.57 Å². The molecule has 35 heavy (non-hydrogen) atoms. The van der Waals surface area contributed by atoms with Crippen LogP contribution in [0.3, 0.4) is 0 Å². The molecule has 0 aromatic heterocycles. The number of unbranched alkanes of at least 4 members (excludes halogenated alkanes) is 2. The maximum absolute atomic E-state index is 10.7. The Labute approximate surface area is 220 Å². The van der Waals surface area contributed by atoms with Crippen molar-refractivity contribution in [3.05, 3.63) is 24.8 Å². The predicted octanol–water partition coefficient (Wildman–Crippen LogP) is 7.83. The number of ether oxygens (including phenoxy) is 1. The molecule has 0 saturated carbocycles. The molecule has 1 N–H and O–H groups in total. The first-order valence-corrected chi connectivity index (χ1v) is 13.9. The molecule has 0 rings (SSSR count). The molecule has 0 heterocycles. The van der Waals surface area contributed by atoms with E-state index < -0.39 is 0 Å². The Morgan fingerprint density at radius 3 is 2.06 bits per heavy atom. The smallest absolute Gasteiger partial charge is 0.119 e. The highest BCUT2D eigenvalue weighted by molar-refractivity contribution is 5.48. The van der Waals surface area contributed by atoms with Crippen LogP contribution in [0.4, 0.5) is 0 Å². The standard InChI is InChI=1S/C27H52N2O2.C4H10/c1-11-27(9,18-17-26(7,8)28-23(4)5)29(10)25(15-13-12-14-19-30)21-31-20-16-24(6)22(2)3;1-4(2)3/h11,19,22-23,25,28H,1,6,12-18,20-21H2,2-5,7-10H3;4H,1-3H3. The van der Waals surface area contributed by atoms with E-state index in [9.17, 15) is 4.79 Å². The third kappa shape index (κ3) is 18.9. The number of carbonyl (C=O) groups is 1. The second kappa shape index (κ2) is 19.2. The molecule has 0 aromatic carbocycles. The van der Waals surface area contributed by atoms with Crippen LogP contribution < -0.4 is 5.32 Å². The summed E-state index contributed by atoms with van der Waals surface area (Å²) in [7, 11) is 2.20. The number of nitrogens with one attached hydrogen (secondary N) is 1. The molecule has 0 aliphatic rings. The molecule has 0 bridgehead atoms. The Kier molecular flexibility index (Phi) is 19.8. The number of rotatable bonds is 19. The molecule has 4 nitrogen and oxygen atoms in total. The van der Waals surface area contributed by atoms with Crippen molar-refractivity contribution < 1.29 is 9.53 Å². The quantitative estimate of drug-likeness (QED) is 0.113. The van der Waals surface area contributed by atoms with Gasteiger partial charge in [0.2, 0.25) is 0 Å². The largest absolute Gasteiger partial charge is 0.379 e. The summed E-state index contributed by atoms with van der Waals surface area (Å²) in [5.41, 5.74) is 1.20. The summed E-state index contributed by atoms with van der Waals surface area (Å²) in [4.78, 5) is 13.2. The fourth-order valence-electron chi connectivity index (χ4n) is 3.97. The maximum Gasteiger partial charge on any atom is 0.119 e. The van der Waals surface area contributed by atoms with Crippen LogP contribution in [0, 0.1) is 11.8 Å². The number of carbonyl (C=O) groups excluding carboxylic acids is 1. The zero-order valence-corrected chi connectivity index (χ0v) is 25.5. The van der Waals surface area contributed by atoms with E-state index in [4.69, 9.17) is 4.74 Å². The fraction of sp³-hybridized carbons (Fsp3) is 0.839. The average Bonchev–Trinajstić information content (AvgIpc) is 2.74. The van der Waals surface area contributed by atoms with Gasteiger partial charge in [-0.15, -0.1) is 6.58 Å². The molecule has 0 spiro atoms. The third-order valence-electron chi connectivity index (χ3n) is 6.53. The van der Waals surface area contributed by atoms with Crippen LogP contribution >= 0.6 is 0 Å². The minimum Gasteiger partial charge on any atom is -0.379 e. The van der Waals surface area contributed by atoms with Crippen LogP contribution in [-0.2, 0) is 9.53 Å². The second-order valence-electron chi connectivity index (χ2n) is 12.3. The van der Waals surface area contributed by atoms with Gasteiger partial charge in [-0.1, -0.05) is 73.1 Å². The molecule has 0 radical (unpaired) electrons. The van der Waals surface area contributed by atoms with Crippen LogP contribution in [0.25, 0.3) is 0 Å². The van der Waals surface area contributed by atoms with Gasteiger partial charge in [-0.25, -0.2) is 0 Å². The number of hydrogen-bond acceptors (Lipinski definition) is 4. The van der Waals surface area contributed by atoms with Crippen LogP contribution in [0.2, 0.25) is 0 Å². The molecule has 0 amide bonds. The van der Waals surface area contributed by atoms with Gasteiger partial charge >= 0.3 is 0 Å². The number of aldehydes is 1. The lowest BCUT2D eigenvalue weighted by molar-refractivity contribution is -0.107. The molecule has 0 aliphatic heterocycles. The number of likely N-dealkylation sites (N-methyl/N-ethyl adjacent to an activating group) is 1. The summed E-state index contributed by atoms with van der Waals surface area (Å²) >= 11 is 0. The van der Waals surface area contributed by atoms with Gasteiger partial charge in [0.25, 0.3) is 0 Å². The van der Waals surface area contributed by atoms with Gasteiger partial charge in [0, 0.05) is 29.6 Å². The first-order chi connectivity index (χ1) is 16.1. The van der Waals surface area contributed by atoms with E-state index in [1.807, 2.05) is 0 Å². The average molecular weight is 495 g/mol. The van der Waals surface area contributed by atoms with Gasteiger partial charge in [-0.2, -0.15) is 0 Å². The van der Waals surface area contributed by atoms with Crippen LogP contribution in [-0.4, -0.2) is 54.6 Å². The monoisotopic (exact) mass is 494 g/mol. The van der Waals surface area contributed by atoms with Gasteiger partial charge in [0.15, 0.2) is 0 Å². The SMILES string of the molecule is C=CC(C)(CCC(C)(C)NC(C)C)N(C)C(CCCCC=O)COCCC(=C)C(C)C.CC(C)C. The first-order valence-electron chi connectivity index (χ1n) is 13.9. The Morgan fingerprint density at radius 2 is 1.60 bits per heavy atom. The van der Waals surface area contributed by atoms with Crippen molar-refractivity contribution >= 4 is 6.29 Å². The van der Waals surface area contributed by atoms with Crippen molar-refractivity contribution in [1.82, 2.24) is 10.2 Å². The van der Waals surface area contributed by atoms with Crippen LogP contribution in [0.15, 0.2) is 24.8 Å². The van der Waals surface area contributed by atoms with Crippen LogP contribution in [0.5, 0.6) is 0 Å². The summed E-state index contributed by atoms with van der Waals surface area (Å²) < 4.78 is 6.11. The summed E-state index contributed by atoms with van der Waals surface area (Å²) in [5.74, 6) is 1.33. The topological polar surface area (TPSA) is 41.6 Å². The van der Waals surface area contributed by atoms with E-state index in [1.54, 1.807) is 0 Å². The van der Waals surface area contributed by atoms with E-state index in [0.29, 0.717) is 37.6 Å². The third-order valence-corrected chi connectivity index (χ3v) is 6.53. The van der Waals surface area contributed by atoms with E-state index in [0.717, 1.165) is 50.7 Å². The van der Waals surface area contributed by atoms with Crippen LogP contribution in [0.1, 0.15) is 114 Å². The molecule has 2 unspecified atom stereocenters. The molecule has 0 saturated heterocycles. The molecule has 0 aliphatic carbocycles. The van der Waals surface area contributed by atoms with Gasteiger partial charge in [0.1, 0.15) is 6.29 Å². The number of nitrogens with zero attached hydrogens (tertiary/aromatic N) is 1. The van der Waals surface area contributed by atoms with E-state index in [2.05, 4.69) is 106 Å². The van der Waals surface area contributed by atoms with Crippen molar-refractivity contribution in [2.24, 2.45) is 11.8 Å². The van der Waals surface area contributed by atoms with Gasteiger partial charge in [0.05, 0.1) is 13.2 Å². The van der Waals surface area contributed by atoms with Crippen molar-refractivity contribution in [1.29, 1.82) is 0 Å². The molecule has 208 valence electrons. The molecular weight excluding hydrogens is 432 g/mol. The van der Waals surface area contributed by atoms with Gasteiger partial charge in [-0.3, -0.25) is 4.90 Å². The highest BCUT2D eigenvalue weighted by Gasteiger charge is 2.33. The first kappa shape index (κ1) is 36.2. The molecular formula is C31H62N2O2. The Morgan fingerprint density at radius 1 is 1.03 bits per heavy atom. The highest BCUT2D eigenvalue weighted by atomic mass is 16.5. The Hall–Kier alpha value is -0.970. The fourth-order valence-corrected chi connectivity index (χ4v) is 3.97. The lowest BCUT2D eigenvalue weighted by Crippen LogP contribution is -2.52. The molecule has 0 aromatic rings. The van der Waals surface area contributed by atoms with E-state index >= 15 is 0 Å². The molecule has 4 heteroatoms. The summed E-state index contributed by atoms with van der Waals surface area (Å²) in [6.07, 6.45) is 9.73. The summed E-state index contributed by atoms with van der Waals surface area (Å²) in [6, 6.07) is 0.755. The Balaban J connectivity index is 0. The highest BCUT2D eigenvalue weighted by Crippen LogP contribution is 2.29. The van der Waals surface area contributed by atoms with Crippen molar-refractivity contribution in [2.75, 3.05) is 20.3 Å². The second-order valence-corrected chi connectivity index (χ2v) is 12.3. The summed E-state index contributed by atoms with van der Waals surface area (Å²) in [5, 5.41) is 3.67. The predicted molar refractivity (Wildman–Crippen MR) is 156 cm³/mol. The lowest BCUT2D eigenvalue weighted by Gasteiger charge is -2.43. The van der Waals surface area contributed by atoms with E-state index in [-0.39, 0.29) is 11.1 Å². The molecule has 2 atom stereocenters.